The van der Waals surface area contributed by atoms with Crippen LogP contribution in [-0.4, -0.2) is 22.6 Å². The first-order valence-electron chi connectivity index (χ1n) is 6.95. The van der Waals surface area contributed by atoms with Crippen LogP contribution in [0.3, 0.4) is 0 Å². The molecule has 1 atom stereocenters. The van der Waals surface area contributed by atoms with Crippen molar-refractivity contribution in [3.05, 3.63) is 50.9 Å². The average Bonchev–Trinajstić information content (AvgIpc) is 2.53. The van der Waals surface area contributed by atoms with Crippen molar-refractivity contribution in [2.75, 3.05) is 11.9 Å². The fourth-order valence-electron chi connectivity index (χ4n) is 1.95. The predicted octanol–water partition coefficient (Wildman–Crippen LogP) is 3.66. The molecule has 2 rings (SSSR count). The molecule has 1 aromatic carbocycles. The van der Waals surface area contributed by atoms with E-state index in [1.165, 1.54) is 23.0 Å². The first-order chi connectivity index (χ1) is 11.2. The number of hydrogen-bond donors (Lipinski definition) is 1. The van der Waals surface area contributed by atoms with Crippen LogP contribution in [0.25, 0.3) is 0 Å². The largest absolute Gasteiger partial charge is 0.484 e. The van der Waals surface area contributed by atoms with Gasteiger partial charge in [-0.25, -0.2) is 4.68 Å². The number of rotatable bonds is 5. The van der Waals surface area contributed by atoms with Gasteiger partial charge in [0.05, 0.1) is 11.9 Å². The molecule has 1 N–H and O–H groups in total. The average molecular weight is 406 g/mol. The molecule has 0 aliphatic rings. The van der Waals surface area contributed by atoms with Crippen molar-refractivity contribution in [2.45, 2.75) is 19.1 Å². The highest BCUT2D eigenvalue weighted by atomic mass is 79.9. The lowest BCUT2D eigenvalue weighted by Gasteiger charge is -2.17. The Morgan fingerprint density at radius 3 is 2.54 bits per heavy atom. The highest BCUT2D eigenvalue weighted by molar-refractivity contribution is 9.10. The Bertz CT molecular complexity index is 760. The number of benzene rings is 1. The summed E-state index contributed by atoms with van der Waals surface area (Å²) in [5.74, 6) is 0.139. The Balaban J connectivity index is 2.06. The smallest absolute Gasteiger partial charge is 0.422 e. The quantitative estimate of drug-likeness (QED) is 0.824. The summed E-state index contributed by atoms with van der Waals surface area (Å²) in [7, 11) is 1.54. The van der Waals surface area contributed by atoms with Gasteiger partial charge in [0.25, 0.3) is 5.56 Å². The van der Waals surface area contributed by atoms with Crippen LogP contribution in [0.1, 0.15) is 18.5 Å². The topological polar surface area (TPSA) is 56.2 Å². The van der Waals surface area contributed by atoms with Gasteiger partial charge >= 0.3 is 6.18 Å². The minimum atomic E-state index is -4.37. The van der Waals surface area contributed by atoms with E-state index < -0.39 is 12.8 Å². The number of nitrogens with zero attached hydrogens (tertiary/aromatic N) is 2. The zero-order valence-electron chi connectivity index (χ0n) is 12.9. The highest BCUT2D eigenvalue weighted by Crippen LogP contribution is 2.25. The molecule has 1 unspecified atom stereocenters. The van der Waals surface area contributed by atoms with Gasteiger partial charge in [0.1, 0.15) is 10.2 Å². The third-order valence-electron chi connectivity index (χ3n) is 3.23. The Labute approximate surface area is 144 Å². The number of aryl methyl sites for hydroxylation is 1. The number of alkyl halides is 3. The second-order valence-electron chi connectivity index (χ2n) is 5.14. The number of nitrogens with one attached hydrogen (secondary N) is 1. The predicted molar refractivity (Wildman–Crippen MR) is 87.2 cm³/mol. The third-order valence-corrected chi connectivity index (χ3v) is 4.00. The van der Waals surface area contributed by atoms with E-state index in [0.717, 1.165) is 5.56 Å². The molecule has 0 aliphatic carbocycles. The first kappa shape index (κ1) is 18.3. The molecule has 0 bridgehead atoms. The molecule has 1 heterocycles. The van der Waals surface area contributed by atoms with Crippen molar-refractivity contribution in [3.63, 3.8) is 0 Å². The molecule has 130 valence electrons. The monoisotopic (exact) mass is 405 g/mol. The molecule has 9 heteroatoms. The molecule has 2 aromatic rings. The van der Waals surface area contributed by atoms with E-state index in [4.69, 9.17) is 0 Å². The number of halogens is 4. The van der Waals surface area contributed by atoms with Crippen LogP contribution < -0.4 is 15.6 Å². The minimum absolute atomic E-state index is 0.139. The molecule has 0 radical (unpaired) electrons. The van der Waals surface area contributed by atoms with Crippen LogP contribution in [0, 0.1) is 0 Å². The van der Waals surface area contributed by atoms with Crippen molar-refractivity contribution >= 4 is 21.6 Å². The maximum atomic E-state index is 12.1. The summed E-state index contributed by atoms with van der Waals surface area (Å²) in [5, 5.41) is 7.06. The molecule has 0 aliphatic heterocycles. The number of aromatic nitrogens is 2. The van der Waals surface area contributed by atoms with Gasteiger partial charge in [-0.1, -0.05) is 12.1 Å². The van der Waals surface area contributed by atoms with Crippen molar-refractivity contribution in [3.8, 4) is 5.75 Å². The summed E-state index contributed by atoms with van der Waals surface area (Å²) < 4.78 is 42.6. The highest BCUT2D eigenvalue weighted by Gasteiger charge is 2.28. The molecule has 0 fully saturated rings. The lowest BCUT2D eigenvalue weighted by molar-refractivity contribution is -0.153. The van der Waals surface area contributed by atoms with Crippen molar-refractivity contribution in [1.82, 2.24) is 9.78 Å². The SMILES string of the molecule is CC(Nc1cnn(C)c(=O)c1Br)c1ccc(OCC(F)(F)F)cc1. The Morgan fingerprint density at radius 1 is 1.33 bits per heavy atom. The van der Waals surface area contributed by atoms with E-state index >= 15 is 0 Å². The summed E-state index contributed by atoms with van der Waals surface area (Å²) in [4.78, 5) is 11.8. The third kappa shape index (κ3) is 4.73. The van der Waals surface area contributed by atoms with Crippen LogP contribution in [0.2, 0.25) is 0 Å². The first-order valence-corrected chi connectivity index (χ1v) is 7.74. The van der Waals surface area contributed by atoms with Gasteiger partial charge < -0.3 is 10.1 Å². The van der Waals surface area contributed by atoms with Gasteiger partial charge in [-0.2, -0.15) is 18.3 Å². The Hall–Kier alpha value is -2.03. The molecule has 0 saturated carbocycles. The van der Waals surface area contributed by atoms with E-state index in [1.807, 2.05) is 6.92 Å². The molecular weight excluding hydrogens is 391 g/mol. The fourth-order valence-corrected chi connectivity index (χ4v) is 2.42. The van der Waals surface area contributed by atoms with Crippen LogP contribution in [0.5, 0.6) is 5.75 Å². The fraction of sp³-hybridized carbons (Fsp3) is 0.333. The summed E-state index contributed by atoms with van der Waals surface area (Å²) in [5.41, 5.74) is 1.08. The second-order valence-corrected chi connectivity index (χ2v) is 5.93. The van der Waals surface area contributed by atoms with Gasteiger partial charge in [0.2, 0.25) is 0 Å². The van der Waals surface area contributed by atoms with E-state index in [0.29, 0.717) is 10.2 Å². The van der Waals surface area contributed by atoms with Gasteiger partial charge in [-0.05, 0) is 40.5 Å². The summed E-state index contributed by atoms with van der Waals surface area (Å²) in [6, 6.07) is 6.07. The normalized spacial score (nSPS) is 12.8. The zero-order chi connectivity index (χ0) is 17.9. The van der Waals surface area contributed by atoms with Crippen molar-refractivity contribution in [2.24, 2.45) is 7.05 Å². The van der Waals surface area contributed by atoms with Crippen LogP contribution in [-0.2, 0) is 7.05 Å². The Kier molecular flexibility index (Phi) is 5.53. The van der Waals surface area contributed by atoms with Crippen LogP contribution in [0.4, 0.5) is 18.9 Å². The van der Waals surface area contributed by atoms with Gasteiger partial charge in [0, 0.05) is 13.1 Å². The maximum absolute atomic E-state index is 12.1. The second kappa shape index (κ2) is 7.25. The molecule has 0 amide bonds. The van der Waals surface area contributed by atoms with Crippen molar-refractivity contribution < 1.29 is 17.9 Å². The standard InChI is InChI=1S/C15H15BrF3N3O2/c1-9(21-12-7-20-22(2)14(23)13(12)16)10-3-5-11(6-4-10)24-8-15(17,18)19/h3-7,9,21H,8H2,1-2H3. The number of hydrogen-bond acceptors (Lipinski definition) is 4. The molecule has 0 spiro atoms. The van der Waals surface area contributed by atoms with E-state index in [2.05, 4.69) is 31.1 Å². The zero-order valence-corrected chi connectivity index (χ0v) is 14.5. The summed E-state index contributed by atoms with van der Waals surface area (Å²) in [6.07, 6.45) is -2.85. The molecule has 1 aromatic heterocycles. The van der Waals surface area contributed by atoms with Crippen molar-refractivity contribution in [1.29, 1.82) is 0 Å². The molecule has 0 saturated heterocycles. The van der Waals surface area contributed by atoms with E-state index in [9.17, 15) is 18.0 Å². The minimum Gasteiger partial charge on any atom is -0.484 e. The Morgan fingerprint density at radius 2 is 1.96 bits per heavy atom. The lowest BCUT2D eigenvalue weighted by atomic mass is 10.1. The summed E-state index contributed by atoms with van der Waals surface area (Å²) >= 11 is 3.22. The number of ether oxygens (including phenoxy) is 1. The van der Waals surface area contributed by atoms with E-state index in [1.54, 1.807) is 19.2 Å². The molecule has 5 nitrogen and oxygen atoms in total. The number of anilines is 1. The maximum Gasteiger partial charge on any atom is 0.422 e. The van der Waals surface area contributed by atoms with Gasteiger partial charge in [0.15, 0.2) is 6.61 Å². The van der Waals surface area contributed by atoms with Gasteiger partial charge in [-0.3, -0.25) is 4.79 Å². The molecule has 24 heavy (non-hydrogen) atoms. The molecular formula is C15H15BrF3N3O2. The lowest BCUT2D eigenvalue weighted by Crippen LogP contribution is -2.22. The summed E-state index contributed by atoms with van der Waals surface area (Å²) in [6.45, 7) is 0.529. The van der Waals surface area contributed by atoms with Gasteiger partial charge in [-0.15, -0.1) is 0 Å². The van der Waals surface area contributed by atoms with Crippen LogP contribution in [0.15, 0.2) is 39.7 Å². The van der Waals surface area contributed by atoms with E-state index in [-0.39, 0.29) is 17.4 Å². The van der Waals surface area contributed by atoms with Crippen LogP contribution >= 0.6 is 15.9 Å².